The van der Waals surface area contributed by atoms with Crippen molar-refractivity contribution in [2.75, 3.05) is 18.0 Å². The van der Waals surface area contributed by atoms with Gasteiger partial charge in [0.25, 0.3) is 0 Å². The van der Waals surface area contributed by atoms with Gasteiger partial charge in [-0.25, -0.2) is 0 Å². The van der Waals surface area contributed by atoms with Gasteiger partial charge >= 0.3 is 0 Å². The van der Waals surface area contributed by atoms with Crippen LogP contribution < -0.4 is 4.90 Å². The van der Waals surface area contributed by atoms with Crippen LogP contribution in [-0.2, 0) is 0 Å². The Balaban J connectivity index is 2.09. The van der Waals surface area contributed by atoms with Crippen molar-refractivity contribution in [1.29, 1.82) is 0 Å². The fraction of sp³-hybridized carbons (Fsp3) is 0.500. The van der Waals surface area contributed by atoms with E-state index in [1.807, 2.05) is 12.1 Å². The van der Waals surface area contributed by atoms with E-state index in [9.17, 15) is 4.91 Å². The number of rotatable bonds is 2. The second-order valence-electron chi connectivity index (χ2n) is 4.01. The molecule has 1 aromatic carbocycles. The van der Waals surface area contributed by atoms with Gasteiger partial charge in [-0.15, -0.1) is 4.91 Å². The number of nitrogens with zero attached hydrogens (tertiary/aromatic N) is 2. The summed E-state index contributed by atoms with van der Waals surface area (Å²) in [4.78, 5) is 12.7. The molecule has 0 atom stereocenters. The molecule has 1 aromatic rings. The molecule has 0 aliphatic carbocycles. The van der Waals surface area contributed by atoms with Crippen molar-refractivity contribution in [1.82, 2.24) is 0 Å². The van der Waals surface area contributed by atoms with E-state index in [1.165, 1.54) is 31.4 Å². The zero-order chi connectivity index (χ0) is 10.5. The average molecular weight is 204 g/mol. The van der Waals surface area contributed by atoms with Crippen LogP contribution in [0.2, 0.25) is 0 Å². The Morgan fingerprint density at radius 1 is 0.933 bits per heavy atom. The molecule has 0 saturated carbocycles. The molecule has 2 rings (SSSR count). The Hall–Kier alpha value is -1.38. The van der Waals surface area contributed by atoms with Gasteiger partial charge in [0.05, 0.1) is 0 Å². The van der Waals surface area contributed by atoms with E-state index < -0.39 is 0 Å². The molecular weight excluding hydrogens is 188 g/mol. The minimum Gasteiger partial charge on any atom is -0.372 e. The van der Waals surface area contributed by atoms with Gasteiger partial charge in [-0.05, 0) is 42.3 Å². The van der Waals surface area contributed by atoms with Crippen LogP contribution in [0.4, 0.5) is 11.4 Å². The quantitative estimate of drug-likeness (QED) is 0.691. The van der Waals surface area contributed by atoms with Gasteiger partial charge in [-0.3, -0.25) is 0 Å². The smallest absolute Gasteiger partial charge is 0.108 e. The number of hydrogen-bond donors (Lipinski definition) is 0. The molecule has 15 heavy (non-hydrogen) atoms. The first kappa shape index (κ1) is 10.1. The van der Waals surface area contributed by atoms with Crippen molar-refractivity contribution in [3.8, 4) is 0 Å². The maximum Gasteiger partial charge on any atom is 0.108 e. The Kier molecular flexibility index (Phi) is 3.33. The van der Waals surface area contributed by atoms with Crippen LogP contribution in [0.3, 0.4) is 0 Å². The van der Waals surface area contributed by atoms with Gasteiger partial charge in [-0.2, -0.15) is 0 Å². The molecule has 0 radical (unpaired) electrons. The first-order chi connectivity index (χ1) is 7.40. The first-order valence-corrected chi connectivity index (χ1v) is 5.58. The normalized spacial score (nSPS) is 17.2. The minimum absolute atomic E-state index is 0.508. The van der Waals surface area contributed by atoms with Gasteiger partial charge in [0.1, 0.15) is 5.69 Å². The van der Waals surface area contributed by atoms with Crippen LogP contribution in [0, 0.1) is 4.91 Å². The van der Waals surface area contributed by atoms with E-state index >= 15 is 0 Å². The van der Waals surface area contributed by atoms with Gasteiger partial charge in [0.15, 0.2) is 0 Å². The Labute approximate surface area is 90.1 Å². The molecule has 80 valence electrons. The summed E-state index contributed by atoms with van der Waals surface area (Å²) in [5, 5.41) is 2.91. The molecule has 1 saturated heterocycles. The largest absolute Gasteiger partial charge is 0.372 e. The monoisotopic (exact) mass is 204 g/mol. The highest BCUT2D eigenvalue weighted by Gasteiger charge is 2.09. The van der Waals surface area contributed by atoms with Crippen molar-refractivity contribution < 1.29 is 0 Å². The molecule has 0 amide bonds. The predicted molar refractivity (Wildman–Crippen MR) is 62.6 cm³/mol. The second-order valence-corrected chi connectivity index (χ2v) is 4.01. The third-order valence-corrected chi connectivity index (χ3v) is 2.93. The highest BCUT2D eigenvalue weighted by atomic mass is 16.3. The third kappa shape index (κ3) is 2.55. The van der Waals surface area contributed by atoms with E-state index in [1.54, 1.807) is 12.1 Å². The maximum atomic E-state index is 10.3. The molecule has 0 N–H and O–H groups in total. The highest BCUT2D eigenvalue weighted by molar-refractivity contribution is 5.52. The zero-order valence-electron chi connectivity index (χ0n) is 8.85. The lowest BCUT2D eigenvalue weighted by atomic mass is 10.2. The number of benzene rings is 1. The van der Waals surface area contributed by atoms with Gasteiger partial charge < -0.3 is 4.90 Å². The van der Waals surface area contributed by atoms with Crippen LogP contribution in [0.5, 0.6) is 0 Å². The third-order valence-electron chi connectivity index (χ3n) is 2.93. The summed E-state index contributed by atoms with van der Waals surface area (Å²) in [7, 11) is 0. The molecular formula is C12H16N2O. The summed E-state index contributed by atoms with van der Waals surface area (Å²) < 4.78 is 0. The topological polar surface area (TPSA) is 32.7 Å². The highest BCUT2D eigenvalue weighted by Crippen LogP contribution is 2.22. The average Bonchev–Trinajstić information content (AvgIpc) is 2.58. The summed E-state index contributed by atoms with van der Waals surface area (Å²) in [6, 6.07) is 7.55. The van der Waals surface area contributed by atoms with Crippen LogP contribution in [0.15, 0.2) is 29.4 Å². The number of nitroso groups, excluding NO2 is 1. The first-order valence-electron chi connectivity index (χ1n) is 5.58. The van der Waals surface area contributed by atoms with Crippen LogP contribution in [0.25, 0.3) is 0 Å². The van der Waals surface area contributed by atoms with Crippen LogP contribution in [0.1, 0.15) is 25.7 Å². The molecule has 3 heteroatoms. The van der Waals surface area contributed by atoms with E-state index in [2.05, 4.69) is 10.1 Å². The van der Waals surface area contributed by atoms with Crippen molar-refractivity contribution in [2.45, 2.75) is 25.7 Å². The van der Waals surface area contributed by atoms with Crippen molar-refractivity contribution >= 4 is 11.4 Å². The summed E-state index contributed by atoms with van der Waals surface area (Å²) in [5.41, 5.74) is 1.72. The van der Waals surface area contributed by atoms with E-state index in [-0.39, 0.29) is 0 Å². The zero-order valence-corrected chi connectivity index (χ0v) is 8.85. The van der Waals surface area contributed by atoms with E-state index in [0.717, 1.165) is 13.1 Å². The fourth-order valence-electron chi connectivity index (χ4n) is 2.05. The summed E-state index contributed by atoms with van der Waals surface area (Å²) in [5.74, 6) is 0. The molecule has 1 aliphatic heterocycles. The second kappa shape index (κ2) is 4.91. The lowest BCUT2D eigenvalue weighted by Crippen LogP contribution is -2.23. The van der Waals surface area contributed by atoms with Crippen molar-refractivity contribution in [2.24, 2.45) is 5.18 Å². The Bertz CT molecular complexity index is 313. The van der Waals surface area contributed by atoms with Crippen molar-refractivity contribution in [3.05, 3.63) is 29.2 Å². The summed E-state index contributed by atoms with van der Waals surface area (Å²) in [6.45, 7) is 2.27. The van der Waals surface area contributed by atoms with Gasteiger partial charge in [-0.1, -0.05) is 12.8 Å². The SMILES string of the molecule is O=Nc1ccc(N2CCCCCC2)cc1. The van der Waals surface area contributed by atoms with Crippen molar-refractivity contribution in [3.63, 3.8) is 0 Å². The predicted octanol–water partition coefficient (Wildman–Crippen LogP) is 3.46. The lowest BCUT2D eigenvalue weighted by Gasteiger charge is -2.22. The minimum atomic E-state index is 0.508. The molecule has 1 heterocycles. The van der Waals surface area contributed by atoms with Crippen LogP contribution >= 0.6 is 0 Å². The molecule has 0 unspecified atom stereocenters. The van der Waals surface area contributed by atoms with E-state index in [4.69, 9.17) is 0 Å². The van der Waals surface area contributed by atoms with E-state index in [0.29, 0.717) is 5.69 Å². The molecule has 1 aliphatic rings. The van der Waals surface area contributed by atoms with Gasteiger partial charge in [0, 0.05) is 18.8 Å². The molecule has 0 spiro atoms. The molecule has 3 nitrogen and oxygen atoms in total. The maximum absolute atomic E-state index is 10.3. The molecule has 1 fully saturated rings. The number of hydrogen-bond acceptors (Lipinski definition) is 3. The standard InChI is InChI=1S/C12H16N2O/c15-13-11-5-7-12(8-6-11)14-9-3-1-2-4-10-14/h5-8H,1-4,9-10H2. The molecule has 0 bridgehead atoms. The fourth-order valence-corrected chi connectivity index (χ4v) is 2.05. The Morgan fingerprint density at radius 3 is 2.07 bits per heavy atom. The van der Waals surface area contributed by atoms with Crippen LogP contribution in [-0.4, -0.2) is 13.1 Å². The molecule has 0 aromatic heterocycles. The van der Waals surface area contributed by atoms with Gasteiger partial charge in [0.2, 0.25) is 0 Å². The summed E-state index contributed by atoms with van der Waals surface area (Å²) in [6.07, 6.45) is 5.22. The number of anilines is 1. The lowest BCUT2D eigenvalue weighted by molar-refractivity contribution is 0.726. The Morgan fingerprint density at radius 2 is 1.53 bits per heavy atom. The summed E-state index contributed by atoms with van der Waals surface area (Å²) >= 11 is 0.